The van der Waals surface area contributed by atoms with Crippen LogP contribution in [-0.4, -0.2) is 54.4 Å². The van der Waals surface area contributed by atoms with Crippen molar-refractivity contribution in [3.8, 4) is 5.75 Å². The first-order chi connectivity index (χ1) is 13.0. The van der Waals surface area contributed by atoms with Gasteiger partial charge in [-0.2, -0.15) is 0 Å². The molecule has 27 heavy (non-hydrogen) atoms. The van der Waals surface area contributed by atoms with Crippen LogP contribution in [0, 0.1) is 11.6 Å². The summed E-state index contributed by atoms with van der Waals surface area (Å²) < 4.78 is 32.1. The average molecular weight is 374 g/mol. The van der Waals surface area contributed by atoms with Crippen LogP contribution in [0.1, 0.15) is 16.8 Å². The molecule has 0 aromatic heterocycles. The summed E-state index contributed by atoms with van der Waals surface area (Å²) in [5, 5.41) is 0. The third-order valence-corrected chi connectivity index (χ3v) is 4.40. The van der Waals surface area contributed by atoms with Crippen LogP contribution in [0.5, 0.6) is 5.75 Å². The second kappa shape index (κ2) is 8.62. The van der Waals surface area contributed by atoms with Gasteiger partial charge in [0, 0.05) is 31.7 Å². The van der Waals surface area contributed by atoms with Gasteiger partial charge in [-0.1, -0.05) is 18.2 Å². The molecule has 0 unspecified atom stereocenters. The largest absolute Gasteiger partial charge is 0.481 e. The van der Waals surface area contributed by atoms with Crippen molar-refractivity contribution in [2.45, 2.75) is 6.42 Å². The number of para-hydroxylation sites is 1. The van der Waals surface area contributed by atoms with E-state index in [-0.39, 0.29) is 29.7 Å². The van der Waals surface area contributed by atoms with Crippen LogP contribution < -0.4 is 4.74 Å². The van der Waals surface area contributed by atoms with Gasteiger partial charge in [0.2, 0.25) is 0 Å². The fraction of sp³-hybridized carbons (Fsp3) is 0.300. The summed E-state index contributed by atoms with van der Waals surface area (Å²) in [5.74, 6) is -1.47. The molecule has 3 rings (SSSR count). The zero-order chi connectivity index (χ0) is 19.2. The summed E-state index contributed by atoms with van der Waals surface area (Å²) >= 11 is 0. The lowest BCUT2D eigenvalue weighted by Crippen LogP contribution is -2.39. The van der Waals surface area contributed by atoms with Crippen LogP contribution >= 0.6 is 0 Å². The summed E-state index contributed by atoms with van der Waals surface area (Å²) in [7, 11) is 0. The van der Waals surface area contributed by atoms with E-state index in [0.717, 1.165) is 0 Å². The second-order valence-corrected chi connectivity index (χ2v) is 6.26. The summed E-state index contributed by atoms with van der Waals surface area (Å²) in [5.41, 5.74) is 0.290. The fourth-order valence-corrected chi connectivity index (χ4v) is 2.97. The van der Waals surface area contributed by atoms with Gasteiger partial charge in [-0.3, -0.25) is 9.59 Å². The lowest BCUT2D eigenvalue weighted by atomic mass is 10.2. The zero-order valence-electron chi connectivity index (χ0n) is 14.7. The van der Waals surface area contributed by atoms with Crippen molar-refractivity contribution in [1.82, 2.24) is 9.80 Å². The van der Waals surface area contributed by atoms with Crippen molar-refractivity contribution in [2.75, 3.05) is 32.8 Å². The molecule has 1 fully saturated rings. The molecule has 142 valence electrons. The Morgan fingerprint density at radius 3 is 2.44 bits per heavy atom. The normalized spacial score (nSPS) is 14.6. The average Bonchev–Trinajstić information content (AvgIpc) is 2.93. The number of hydrogen-bond acceptors (Lipinski definition) is 3. The molecular formula is C20H20F2N2O3. The predicted molar refractivity (Wildman–Crippen MR) is 95.4 cm³/mol. The topological polar surface area (TPSA) is 49.9 Å². The molecule has 1 aliphatic heterocycles. The molecule has 0 atom stereocenters. The summed E-state index contributed by atoms with van der Waals surface area (Å²) in [6, 6.07) is 11.5. The standard InChI is InChI=1S/C20H20F2N2O3/c21-16-6-3-5-15(13-16)20(26)24-10-4-9-23(11-12-24)19(25)14-27-18-8-2-1-7-17(18)22/h1-3,5-8,13H,4,9-12,14H2. The number of ether oxygens (including phenoxy) is 1. The van der Waals surface area contributed by atoms with Crippen molar-refractivity contribution in [3.63, 3.8) is 0 Å². The number of benzene rings is 2. The summed E-state index contributed by atoms with van der Waals surface area (Å²) in [6.45, 7) is 1.39. The maximum Gasteiger partial charge on any atom is 0.260 e. The molecule has 5 nitrogen and oxygen atoms in total. The molecule has 1 aliphatic rings. The molecule has 0 saturated carbocycles. The number of rotatable bonds is 4. The lowest BCUT2D eigenvalue weighted by Gasteiger charge is -2.22. The molecule has 0 bridgehead atoms. The van der Waals surface area contributed by atoms with Crippen molar-refractivity contribution in [1.29, 1.82) is 0 Å². The third kappa shape index (κ3) is 4.81. The Morgan fingerprint density at radius 2 is 1.67 bits per heavy atom. The van der Waals surface area contributed by atoms with Crippen LogP contribution in [0.4, 0.5) is 8.78 Å². The Morgan fingerprint density at radius 1 is 0.926 bits per heavy atom. The highest BCUT2D eigenvalue weighted by atomic mass is 19.1. The Kier molecular flexibility index (Phi) is 6.01. The highest BCUT2D eigenvalue weighted by Crippen LogP contribution is 2.16. The highest BCUT2D eigenvalue weighted by molar-refractivity contribution is 5.94. The quantitative estimate of drug-likeness (QED) is 0.827. The minimum Gasteiger partial charge on any atom is -0.481 e. The van der Waals surface area contributed by atoms with E-state index in [1.165, 1.54) is 30.3 Å². The molecular weight excluding hydrogens is 354 g/mol. The van der Waals surface area contributed by atoms with Crippen molar-refractivity contribution < 1.29 is 23.1 Å². The van der Waals surface area contributed by atoms with Crippen LogP contribution in [0.3, 0.4) is 0 Å². The molecule has 7 heteroatoms. The second-order valence-electron chi connectivity index (χ2n) is 6.26. The molecule has 2 aromatic rings. The SMILES string of the molecule is O=C(COc1ccccc1F)N1CCCN(C(=O)c2cccc(F)c2)CC1. The van der Waals surface area contributed by atoms with Gasteiger partial charge in [-0.25, -0.2) is 8.78 Å². The minimum absolute atomic E-state index is 0.0311. The summed E-state index contributed by atoms with van der Waals surface area (Å²) in [4.78, 5) is 28.1. The number of hydrogen-bond donors (Lipinski definition) is 0. The Bertz CT molecular complexity index is 828. The molecule has 0 aliphatic carbocycles. The van der Waals surface area contributed by atoms with Gasteiger partial charge in [0.25, 0.3) is 11.8 Å². The predicted octanol–water partition coefficient (Wildman–Crippen LogP) is 2.72. The first kappa shape index (κ1) is 18.8. The maximum atomic E-state index is 13.6. The van der Waals surface area contributed by atoms with Crippen molar-refractivity contribution in [3.05, 3.63) is 65.7 Å². The van der Waals surface area contributed by atoms with Gasteiger partial charge < -0.3 is 14.5 Å². The molecule has 2 aromatic carbocycles. The maximum absolute atomic E-state index is 13.6. The third-order valence-electron chi connectivity index (χ3n) is 4.40. The lowest BCUT2D eigenvalue weighted by molar-refractivity contribution is -0.133. The van der Waals surface area contributed by atoms with E-state index >= 15 is 0 Å². The first-order valence-electron chi connectivity index (χ1n) is 8.74. The van der Waals surface area contributed by atoms with E-state index in [1.807, 2.05) is 0 Å². The van der Waals surface area contributed by atoms with E-state index in [2.05, 4.69) is 0 Å². The molecule has 1 heterocycles. The Balaban J connectivity index is 1.55. The molecule has 0 N–H and O–H groups in total. The molecule has 1 saturated heterocycles. The number of amides is 2. The van der Waals surface area contributed by atoms with E-state index in [0.29, 0.717) is 32.6 Å². The van der Waals surface area contributed by atoms with Crippen LogP contribution in [0.2, 0.25) is 0 Å². The number of carbonyl (C=O) groups excluding carboxylic acids is 2. The van der Waals surface area contributed by atoms with Gasteiger partial charge >= 0.3 is 0 Å². The van der Waals surface area contributed by atoms with Gasteiger partial charge in [-0.05, 0) is 36.8 Å². The van der Waals surface area contributed by atoms with Gasteiger partial charge in [0.15, 0.2) is 18.2 Å². The van der Waals surface area contributed by atoms with E-state index in [1.54, 1.807) is 28.0 Å². The van der Waals surface area contributed by atoms with Crippen LogP contribution in [-0.2, 0) is 4.79 Å². The van der Waals surface area contributed by atoms with Crippen LogP contribution in [0.25, 0.3) is 0 Å². The minimum atomic E-state index is -0.520. The summed E-state index contributed by atoms with van der Waals surface area (Å²) in [6.07, 6.45) is 0.604. The van der Waals surface area contributed by atoms with Gasteiger partial charge in [0.05, 0.1) is 0 Å². The molecule has 2 amide bonds. The van der Waals surface area contributed by atoms with Crippen LogP contribution in [0.15, 0.2) is 48.5 Å². The van der Waals surface area contributed by atoms with Gasteiger partial charge in [-0.15, -0.1) is 0 Å². The molecule has 0 radical (unpaired) electrons. The Hall–Kier alpha value is -2.96. The van der Waals surface area contributed by atoms with E-state index in [4.69, 9.17) is 4.74 Å². The Labute approximate surface area is 156 Å². The fourth-order valence-electron chi connectivity index (χ4n) is 2.97. The number of carbonyl (C=O) groups is 2. The van der Waals surface area contributed by atoms with Crippen molar-refractivity contribution >= 4 is 11.8 Å². The highest BCUT2D eigenvalue weighted by Gasteiger charge is 2.23. The number of nitrogens with zero attached hydrogens (tertiary/aromatic N) is 2. The zero-order valence-corrected chi connectivity index (χ0v) is 14.7. The first-order valence-corrected chi connectivity index (χ1v) is 8.74. The molecule has 0 spiro atoms. The monoisotopic (exact) mass is 374 g/mol. The van der Waals surface area contributed by atoms with Crippen molar-refractivity contribution in [2.24, 2.45) is 0 Å². The van der Waals surface area contributed by atoms with E-state index < -0.39 is 11.6 Å². The number of halogens is 2. The smallest absolute Gasteiger partial charge is 0.260 e. The van der Waals surface area contributed by atoms with E-state index in [9.17, 15) is 18.4 Å². The van der Waals surface area contributed by atoms with Gasteiger partial charge in [0.1, 0.15) is 5.82 Å².